The normalized spacial score (nSPS) is 11.8. The molecule has 0 atom stereocenters. The molecule has 1 heterocycles. The molecule has 0 saturated heterocycles. The van der Waals surface area contributed by atoms with Crippen LogP contribution in [-0.2, 0) is 0 Å². The molecule has 0 radical (unpaired) electrons. The average molecular weight is 628 g/mol. The van der Waals surface area contributed by atoms with Crippen LogP contribution in [0.4, 0.5) is 17.1 Å². The minimum atomic E-state index is 1.13. The minimum absolute atomic E-state index is 1.13. The van der Waals surface area contributed by atoms with Gasteiger partial charge >= 0.3 is 0 Å². The summed E-state index contributed by atoms with van der Waals surface area (Å²) in [5, 5.41) is 12.8. The molecule has 0 fully saturated rings. The summed E-state index contributed by atoms with van der Waals surface area (Å²) in [5.41, 5.74) is 5.89. The van der Waals surface area contributed by atoms with Crippen LogP contribution in [0.3, 0.4) is 0 Å². The van der Waals surface area contributed by atoms with Gasteiger partial charge in [-0.05, 0) is 96.7 Å². The third-order valence-electron chi connectivity index (χ3n) is 9.81. The first-order valence-electron chi connectivity index (χ1n) is 16.4. The second kappa shape index (κ2) is 10.8. The van der Waals surface area contributed by atoms with Crippen molar-refractivity contribution in [2.24, 2.45) is 0 Å². The molecular weight excluding hydrogens is 599 g/mol. The molecule has 0 aliphatic rings. The van der Waals surface area contributed by atoms with E-state index in [1.54, 1.807) is 0 Å². The third kappa shape index (κ3) is 4.31. The predicted octanol–water partition coefficient (Wildman–Crippen LogP) is 13.8. The van der Waals surface area contributed by atoms with Crippen molar-refractivity contribution in [1.82, 2.24) is 0 Å². The predicted molar refractivity (Wildman–Crippen MR) is 209 cm³/mol. The molecule has 1 nitrogen and oxygen atoms in total. The van der Waals surface area contributed by atoms with Crippen molar-refractivity contribution in [3.05, 3.63) is 176 Å². The number of nitrogens with zero attached hydrogens (tertiary/aromatic N) is 1. The highest BCUT2D eigenvalue weighted by Crippen LogP contribution is 2.43. The summed E-state index contributed by atoms with van der Waals surface area (Å²) in [7, 11) is 0. The zero-order chi connectivity index (χ0) is 31.6. The van der Waals surface area contributed by atoms with Crippen molar-refractivity contribution in [3.8, 4) is 11.1 Å². The van der Waals surface area contributed by atoms with E-state index >= 15 is 0 Å². The Kier molecular flexibility index (Phi) is 6.12. The van der Waals surface area contributed by atoms with E-state index in [0.717, 1.165) is 17.1 Å². The number of hydrogen-bond acceptors (Lipinski definition) is 2. The molecule has 0 spiro atoms. The molecule has 2 heteroatoms. The Hall–Kier alpha value is -5.96. The molecule has 0 saturated carbocycles. The number of benzene rings is 9. The van der Waals surface area contributed by atoms with Crippen molar-refractivity contribution in [2.75, 3.05) is 4.90 Å². The molecule has 48 heavy (non-hydrogen) atoms. The van der Waals surface area contributed by atoms with Crippen molar-refractivity contribution in [2.45, 2.75) is 0 Å². The van der Waals surface area contributed by atoms with Crippen LogP contribution in [0.2, 0.25) is 0 Å². The van der Waals surface area contributed by atoms with Gasteiger partial charge in [-0.15, -0.1) is 11.3 Å². The van der Waals surface area contributed by atoms with Crippen LogP contribution >= 0.6 is 11.3 Å². The van der Waals surface area contributed by atoms with Gasteiger partial charge in [-0.1, -0.05) is 133 Å². The van der Waals surface area contributed by atoms with Crippen molar-refractivity contribution in [1.29, 1.82) is 0 Å². The highest BCUT2D eigenvalue weighted by Gasteiger charge is 2.17. The van der Waals surface area contributed by atoms with Crippen LogP contribution in [0.15, 0.2) is 176 Å². The van der Waals surface area contributed by atoms with Gasteiger partial charge in [-0.25, -0.2) is 0 Å². The van der Waals surface area contributed by atoms with Crippen LogP contribution in [0.1, 0.15) is 0 Å². The second-order valence-electron chi connectivity index (χ2n) is 12.5. The van der Waals surface area contributed by atoms with Gasteiger partial charge in [0.2, 0.25) is 0 Å². The number of thiophene rings is 1. The first-order valence-corrected chi connectivity index (χ1v) is 17.2. The molecule has 10 rings (SSSR count). The minimum Gasteiger partial charge on any atom is -0.310 e. The van der Waals surface area contributed by atoms with Crippen LogP contribution in [0, 0.1) is 0 Å². The molecule has 0 aliphatic carbocycles. The Balaban J connectivity index is 1.16. The first kappa shape index (κ1) is 27.2. The van der Waals surface area contributed by atoms with Gasteiger partial charge in [0.05, 0.1) is 0 Å². The molecule has 0 unspecified atom stereocenters. The van der Waals surface area contributed by atoms with E-state index in [1.165, 1.54) is 74.4 Å². The molecule has 0 N–H and O–H groups in total. The van der Waals surface area contributed by atoms with Crippen LogP contribution in [-0.4, -0.2) is 0 Å². The van der Waals surface area contributed by atoms with Gasteiger partial charge in [0, 0.05) is 37.2 Å². The number of anilines is 3. The number of rotatable bonds is 4. The summed E-state index contributed by atoms with van der Waals surface area (Å²) < 4.78 is 2.62. The van der Waals surface area contributed by atoms with Crippen LogP contribution in [0.5, 0.6) is 0 Å². The van der Waals surface area contributed by atoms with Gasteiger partial charge in [-0.3, -0.25) is 0 Å². The molecule has 9 aromatic carbocycles. The third-order valence-corrected chi connectivity index (χ3v) is 10.9. The van der Waals surface area contributed by atoms with E-state index in [9.17, 15) is 0 Å². The fraction of sp³-hybridized carbons (Fsp3) is 0. The smallest absolute Gasteiger partial charge is 0.0476 e. The maximum atomic E-state index is 2.41. The Morgan fingerprint density at radius 1 is 0.333 bits per heavy atom. The molecule has 0 bridgehead atoms. The topological polar surface area (TPSA) is 3.24 Å². The van der Waals surface area contributed by atoms with Crippen molar-refractivity contribution >= 4 is 91.7 Å². The van der Waals surface area contributed by atoms with Gasteiger partial charge in [0.1, 0.15) is 0 Å². The van der Waals surface area contributed by atoms with Crippen molar-refractivity contribution in [3.63, 3.8) is 0 Å². The summed E-state index contributed by atoms with van der Waals surface area (Å²) in [5.74, 6) is 0. The quantitative estimate of drug-likeness (QED) is 0.176. The second-order valence-corrected chi connectivity index (χ2v) is 13.6. The van der Waals surface area contributed by atoms with E-state index in [0.29, 0.717) is 0 Å². The maximum absolute atomic E-state index is 2.41. The van der Waals surface area contributed by atoms with Crippen molar-refractivity contribution < 1.29 is 0 Å². The summed E-state index contributed by atoms with van der Waals surface area (Å²) in [6, 6.07) is 64.6. The summed E-state index contributed by atoms with van der Waals surface area (Å²) in [4.78, 5) is 2.41. The maximum Gasteiger partial charge on any atom is 0.0476 e. The monoisotopic (exact) mass is 627 g/mol. The SMILES string of the molecule is c1ccc2c(-c3ccc(N(c4ccc5c(ccc6ccc7ccccc7c65)c4)c4ccc5c(c4)sc4ccccc45)cc3)cccc2c1. The fourth-order valence-corrected chi connectivity index (χ4v) is 8.67. The lowest BCUT2D eigenvalue weighted by Gasteiger charge is -2.26. The zero-order valence-electron chi connectivity index (χ0n) is 26.1. The standard InChI is InChI=1S/C46H29NS/c1-3-11-38-30(8-1)10-7-14-39(38)32-20-22-35(23-21-32)47(37-25-27-43-42-13-5-6-15-44(42)48-45(43)29-37)36-24-26-41-34(28-36)19-18-33-17-16-31-9-2-4-12-40(31)46(33)41/h1-29H. The largest absolute Gasteiger partial charge is 0.310 e. The van der Waals surface area contributed by atoms with E-state index < -0.39 is 0 Å². The molecular formula is C46H29NS. The zero-order valence-corrected chi connectivity index (χ0v) is 26.9. The Labute approximate surface area is 282 Å². The first-order chi connectivity index (χ1) is 23.8. The lowest BCUT2D eigenvalue weighted by molar-refractivity contribution is 1.30. The Morgan fingerprint density at radius 3 is 1.73 bits per heavy atom. The Morgan fingerprint density at radius 2 is 0.896 bits per heavy atom. The van der Waals surface area contributed by atoms with Gasteiger partial charge in [0.15, 0.2) is 0 Å². The number of fused-ring (bicyclic) bond motifs is 9. The summed E-state index contributed by atoms with van der Waals surface area (Å²) in [6.45, 7) is 0. The molecule has 0 aliphatic heterocycles. The molecule has 224 valence electrons. The van der Waals surface area contributed by atoms with E-state index in [4.69, 9.17) is 0 Å². The van der Waals surface area contributed by atoms with Crippen LogP contribution in [0.25, 0.3) is 74.4 Å². The number of hydrogen-bond donors (Lipinski definition) is 0. The van der Waals surface area contributed by atoms with E-state index in [1.807, 2.05) is 11.3 Å². The molecule has 1 aromatic heterocycles. The van der Waals surface area contributed by atoms with Crippen LogP contribution < -0.4 is 4.90 Å². The van der Waals surface area contributed by atoms with Gasteiger partial charge in [0.25, 0.3) is 0 Å². The summed E-state index contributed by atoms with van der Waals surface area (Å²) in [6.07, 6.45) is 0. The fourth-order valence-electron chi connectivity index (χ4n) is 7.53. The molecule has 10 aromatic rings. The highest BCUT2D eigenvalue weighted by molar-refractivity contribution is 7.25. The molecule has 0 amide bonds. The summed E-state index contributed by atoms with van der Waals surface area (Å²) >= 11 is 1.86. The lowest BCUT2D eigenvalue weighted by atomic mass is 9.96. The highest BCUT2D eigenvalue weighted by atomic mass is 32.1. The van der Waals surface area contributed by atoms with E-state index in [-0.39, 0.29) is 0 Å². The van der Waals surface area contributed by atoms with Gasteiger partial charge < -0.3 is 4.90 Å². The van der Waals surface area contributed by atoms with E-state index in [2.05, 4.69) is 181 Å². The van der Waals surface area contributed by atoms with Gasteiger partial charge in [-0.2, -0.15) is 0 Å². The lowest BCUT2D eigenvalue weighted by Crippen LogP contribution is -2.09. The average Bonchev–Trinajstić information content (AvgIpc) is 3.53. The Bertz CT molecular complexity index is 2840.